The van der Waals surface area contributed by atoms with Crippen LogP contribution < -0.4 is 0 Å². The maximum atomic E-state index is 13.0. The summed E-state index contributed by atoms with van der Waals surface area (Å²) in [6, 6.07) is 16.8. The van der Waals surface area contributed by atoms with Crippen LogP contribution in [0.15, 0.2) is 70.0 Å². The highest BCUT2D eigenvalue weighted by molar-refractivity contribution is 7.07. The summed E-state index contributed by atoms with van der Waals surface area (Å²) < 4.78 is 5.44. The van der Waals surface area contributed by atoms with Crippen LogP contribution in [0.2, 0.25) is 0 Å². The van der Waals surface area contributed by atoms with Crippen molar-refractivity contribution < 1.29 is 9.32 Å². The molecule has 27 heavy (non-hydrogen) atoms. The number of hydrogen-bond donors (Lipinski definition) is 0. The molecule has 4 rings (SSSR count). The van der Waals surface area contributed by atoms with Gasteiger partial charge < -0.3 is 9.42 Å². The lowest BCUT2D eigenvalue weighted by Crippen LogP contribution is -2.26. The number of hydrogen-bond acceptors (Lipinski definition) is 6. The van der Waals surface area contributed by atoms with Gasteiger partial charge in [0.05, 0.1) is 28.9 Å². The van der Waals surface area contributed by atoms with Gasteiger partial charge in [-0.15, -0.1) is 11.3 Å². The Labute approximate surface area is 160 Å². The second-order valence-corrected chi connectivity index (χ2v) is 6.69. The molecule has 7 heteroatoms. The number of carbonyl (C=O) groups excluding carboxylic acids is 1. The van der Waals surface area contributed by atoms with Gasteiger partial charge in [0.1, 0.15) is 0 Å². The van der Waals surface area contributed by atoms with Crippen molar-refractivity contribution in [3.8, 4) is 22.8 Å². The standard InChI is InChI=1S/C20H16N4O2S/c1-24(11-15-12-27-13-21-15)20(25)17-10-6-5-9-16(17)19-22-18(23-26-19)14-7-3-2-4-8-14/h2-10,12-13H,11H2,1H3. The molecule has 0 saturated carbocycles. The number of rotatable bonds is 5. The first-order valence-corrected chi connectivity index (χ1v) is 9.27. The van der Waals surface area contributed by atoms with Crippen LogP contribution in [-0.2, 0) is 6.54 Å². The highest BCUT2D eigenvalue weighted by Gasteiger charge is 2.21. The number of aromatic nitrogens is 3. The number of benzene rings is 2. The van der Waals surface area contributed by atoms with Crippen LogP contribution >= 0.6 is 11.3 Å². The van der Waals surface area contributed by atoms with Crippen LogP contribution in [0, 0.1) is 0 Å². The smallest absolute Gasteiger partial charge is 0.259 e. The van der Waals surface area contributed by atoms with Crippen molar-refractivity contribution in [1.29, 1.82) is 0 Å². The normalized spacial score (nSPS) is 10.7. The van der Waals surface area contributed by atoms with Crippen molar-refractivity contribution in [3.63, 3.8) is 0 Å². The molecule has 0 radical (unpaired) electrons. The predicted molar refractivity (Wildman–Crippen MR) is 103 cm³/mol. The molecule has 2 aromatic heterocycles. The van der Waals surface area contributed by atoms with E-state index in [1.807, 2.05) is 53.9 Å². The largest absolute Gasteiger partial charge is 0.336 e. The Bertz CT molecular complexity index is 1040. The minimum atomic E-state index is -0.127. The van der Waals surface area contributed by atoms with Crippen LogP contribution in [0.3, 0.4) is 0 Å². The van der Waals surface area contributed by atoms with E-state index in [2.05, 4.69) is 15.1 Å². The molecule has 0 spiro atoms. The molecule has 0 bridgehead atoms. The zero-order valence-corrected chi connectivity index (χ0v) is 15.4. The molecule has 0 fully saturated rings. The van der Waals surface area contributed by atoms with E-state index in [9.17, 15) is 4.79 Å². The van der Waals surface area contributed by atoms with Gasteiger partial charge in [0, 0.05) is 18.0 Å². The van der Waals surface area contributed by atoms with Crippen LogP contribution in [-0.4, -0.2) is 33.0 Å². The molecule has 1 amide bonds. The Hall–Kier alpha value is -3.32. The average Bonchev–Trinajstić information content (AvgIpc) is 3.40. The minimum Gasteiger partial charge on any atom is -0.336 e. The maximum Gasteiger partial charge on any atom is 0.259 e. The SMILES string of the molecule is CN(Cc1cscn1)C(=O)c1ccccc1-c1nc(-c2ccccc2)no1. The van der Waals surface area contributed by atoms with Crippen molar-refractivity contribution in [2.24, 2.45) is 0 Å². The molecule has 0 atom stereocenters. The fourth-order valence-corrected chi connectivity index (χ4v) is 3.28. The molecule has 0 aliphatic rings. The van der Waals surface area contributed by atoms with E-state index in [1.165, 1.54) is 11.3 Å². The summed E-state index contributed by atoms with van der Waals surface area (Å²) in [6.07, 6.45) is 0. The summed E-state index contributed by atoms with van der Waals surface area (Å²) in [5.41, 5.74) is 4.60. The lowest BCUT2D eigenvalue weighted by atomic mass is 10.1. The zero-order valence-electron chi connectivity index (χ0n) is 14.6. The van der Waals surface area contributed by atoms with E-state index in [0.29, 0.717) is 29.4 Å². The number of thiazole rings is 1. The summed E-state index contributed by atoms with van der Waals surface area (Å²) >= 11 is 1.51. The van der Waals surface area contributed by atoms with Gasteiger partial charge in [-0.1, -0.05) is 47.6 Å². The summed E-state index contributed by atoms with van der Waals surface area (Å²) in [5, 5.41) is 5.98. The Morgan fingerprint density at radius 1 is 1.11 bits per heavy atom. The highest BCUT2D eigenvalue weighted by Crippen LogP contribution is 2.26. The van der Waals surface area contributed by atoms with E-state index in [-0.39, 0.29) is 5.91 Å². The zero-order chi connectivity index (χ0) is 18.6. The molecule has 0 aliphatic heterocycles. The molecular weight excluding hydrogens is 360 g/mol. The van der Waals surface area contributed by atoms with Gasteiger partial charge in [-0.05, 0) is 12.1 Å². The van der Waals surface area contributed by atoms with Crippen LogP contribution in [0.4, 0.5) is 0 Å². The van der Waals surface area contributed by atoms with Crippen LogP contribution in [0.1, 0.15) is 16.1 Å². The van der Waals surface area contributed by atoms with Gasteiger partial charge in [0.2, 0.25) is 5.82 Å². The number of amides is 1. The van der Waals surface area contributed by atoms with Gasteiger partial charge in [0.25, 0.3) is 11.8 Å². The van der Waals surface area contributed by atoms with Crippen LogP contribution in [0.5, 0.6) is 0 Å². The van der Waals surface area contributed by atoms with E-state index in [4.69, 9.17) is 4.52 Å². The van der Waals surface area contributed by atoms with Gasteiger partial charge in [0.15, 0.2) is 0 Å². The number of carbonyl (C=O) groups is 1. The first-order valence-electron chi connectivity index (χ1n) is 8.33. The Kier molecular flexibility index (Phi) is 4.76. The number of nitrogens with zero attached hydrogens (tertiary/aromatic N) is 4. The summed E-state index contributed by atoms with van der Waals surface area (Å²) in [7, 11) is 1.75. The van der Waals surface area contributed by atoms with Gasteiger partial charge in [-0.2, -0.15) is 4.98 Å². The van der Waals surface area contributed by atoms with Crippen molar-refractivity contribution >= 4 is 17.2 Å². The third kappa shape index (κ3) is 3.63. The van der Waals surface area contributed by atoms with Gasteiger partial charge >= 0.3 is 0 Å². The molecule has 0 N–H and O–H groups in total. The van der Waals surface area contributed by atoms with Crippen molar-refractivity contribution in [2.75, 3.05) is 7.05 Å². The minimum absolute atomic E-state index is 0.127. The van der Waals surface area contributed by atoms with E-state index in [0.717, 1.165) is 11.3 Å². The molecule has 4 aromatic rings. The monoisotopic (exact) mass is 376 g/mol. The van der Waals surface area contributed by atoms with E-state index < -0.39 is 0 Å². The quantitative estimate of drug-likeness (QED) is 0.524. The lowest BCUT2D eigenvalue weighted by Gasteiger charge is -2.17. The predicted octanol–water partition coefficient (Wildman–Crippen LogP) is 4.13. The van der Waals surface area contributed by atoms with Gasteiger partial charge in [-0.25, -0.2) is 4.98 Å². The molecule has 0 unspecified atom stereocenters. The van der Waals surface area contributed by atoms with Gasteiger partial charge in [-0.3, -0.25) is 4.79 Å². The molecule has 0 saturated heterocycles. The molecule has 134 valence electrons. The first-order chi connectivity index (χ1) is 13.2. The fraction of sp³-hybridized carbons (Fsp3) is 0.100. The molecule has 0 aliphatic carbocycles. The molecular formula is C20H16N4O2S. The second-order valence-electron chi connectivity index (χ2n) is 5.98. The third-order valence-electron chi connectivity index (χ3n) is 4.08. The Morgan fingerprint density at radius 2 is 1.89 bits per heavy atom. The summed E-state index contributed by atoms with van der Waals surface area (Å²) in [6.45, 7) is 0.440. The molecule has 2 heterocycles. The average molecular weight is 376 g/mol. The topological polar surface area (TPSA) is 72.1 Å². The Morgan fingerprint density at radius 3 is 2.67 bits per heavy atom. The third-order valence-corrected chi connectivity index (χ3v) is 4.71. The lowest BCUT2D eigenvalue weighted by molar-refractivity contribution is 0.0784. The highest BCUT2D eigenvalue weighted by atomic mass is 32.1. The Balaban J connectivity index is 1.63. The van der Waals surface area contributed by atoms with E-state index >= 15 is 0 Å². The first kappa shape index (κ1) is 17.1. The van der Waals surface area contributed by atoms with Crippen molar-refractivity contribution in [2.45, 2.75) is 6.54 Å². The summed E-state index contributed by atoms with van der Waals surface area (Å²) in [5.74, 6) is 0.682. The maximum absolute atomic E-state index is 13.0. The molecule has 2 aromatic carbocycles. The summed E-state index contributed by atoms with van der Waals surface area (Å²) in [4.78, 5) is 23.3. The van der Waals surface area contributed by atoms with Crippen molar-refractivity contribution in [3.05, 3.63) is 76.7 Å². The van der Waals surface area contributed by atoms with Crippen LogP contribution in [0.25, 0.3) is 22.8 Å². The van der Waals surface area contributed by atoms with E-state index in [1.54, 1.807) is 23.5 Å². The fourth-order valence-electron chi connectivity index (χ4n) is 2.73. The van der Waals surface area contributed by atoms with Crippen molar-refractivity contribution in [1.82, 2.24) is 20.0 Å². The molecule has 6 nitrogen and oxygen atoms in total. The second kappa shape index (κ2) is 7.51.